The molecule has 0 aliphatic heterocycles. The van der Waals surface area contributed by atoms with Gasteiger partial charge in [0, 0.05) is 17.8 Å². The Labute approximate surface area is 124 Å². The minimum absolute atomic E-state index is 0.204. The summed E-state index contributed by atoms with van der Waals surface area (Å²) >= 11 is 1.63. The van der Waals surface area contributed by atoms with Gasteiger partial charge in [-0.05, 0) is 36.8 Å². The maximum Gasteiger partial charge on any atom is 0.264 e. The zero-order valence-electron chi connectivity index (χ0n) is 12.2. The van der Waals surface area contributed by atoms with Gasteiger partial charge in [-0.2, -0.15) is 0 Å². The van der Waals surface area contributed by atoms with E-state index in [4.69, 9.17) is 0 Å². The number of hydrogen-bond acceptors (Lipinski definition) is 2. The standard InChI is InChI=1S/C17H21NOS/c1-12-14-10-6-7-11-15(14)20-16(12)17(19)18(2)13-8-4-3-5-9-13/h6-7,10-11,13H,3-5,8-9H2,1-2H3. The number of rotatable bonds is 2. The summed E-state index contributed by atoms with van der Waals surface area (Å²) in [6.07, 6.45) is 6.15. The molecule has 1 heterocycles. The topological polar surface area (TPSA) is 20.3 Å². The van der Waals surface area contributed by atoms with Crippen molar-refractivity contribution in [3.63, 3.8) is 0 Å². The number of nitrogens with zero attached hydrogens (tertiary/aromatic N) is 1. The lowest BCUT2D eigenvalue weighted by Gasteiger charge is -2.31. The molecule has 1 aromatic heterocycles. The number of thiophene rings is 1. The summed E-state index contributed by atoms with van der Waals surface area (Å²) in [5.41, 5.74) is 1.14. The van der Waals surface area contributed by atoms with Crippen LogP contribution in [0, 0.1) is 6.92 Å². The van der Waals surface area contributed by atoms with Crippen molar-refractivity contribution in [1.29, 1.82) is 0 Å². The van der Waals surface area contributed by atoms with E-state index in [1.54, 1.807) is 11.3 Å². The van der Waals surface area contributed by atoms with Gasteiger partial charge in [-0.15, -0.1) is 11.3 Å². The van der Waals surface area contributed by atoms with E-state index in [0.717, 1.165) is 23.3 Å². The summed E-state index contributed by atoms with van der Waals surface area (Å²) in [5, 5.41) is 1.22. The van der Waals surface area contributed by atoms with Crippen LogP contribution >= 0.6 is 11.3 Å². The molecule has 0 spiro atoms. The number of fused-ring (bicyclic) bond motifs is 1. The molecule has 1 amide bonds. The normalized spacial score (nSPS) is 16.5. The van der Waals surface area contributed by atoms with Gasteiger partial charge in [-0.3, -0.25) is 4.79 Å². The lowest BCUT2D eigenvalue weighted by Crippen LogP contribution is -2.38. The zero-order valence-corrected chi connectivity index (χ0v) is 13.0. The van der Waals surface area contributed by atoms with Gasteiger partial charge in [0.15, 0.2) is 0 Å². The van der Waals surface area contributed by atoms with Crippen molar-refractivity contribution < 1.29 is 4.79 Å². The van der Waals surface area contributed by atoms with Crippen LogP contribution in [0.1, 0.15) is 47.3 Å². The summed E-state index contributed by atoms with van der Waals surface area (Å²) in [7, 11) is 1.97. The Bertz CT molecular complexity index is 625. The van der Waals surface area contributed by atoms with Crippen LogP contribution < -0.4 is 0 Å². The summed E-state index contributed by atoms with van der Waals surface area (Å²) in [6, 6.07) is 8.72. The lowest BCUT2D eigenvalue weighted by molar-refractivity contribution is 0.0700. The summed E-state index contributed by atoms with van der Waals surface area (Å²) < 4.78 is 1.21. The summed E-state index contributed by atoms with van der Waals surface area (Å²) in [6.45, 7) is 2.07. The number of amides is 1. The van der Waals surface area contributed by atoms with E-state index in [1.165, 1.54) is 29.3 Å². The number of carbonyl (C=O) groups is 1. The van der Waals surface area contributed by atoms with E-state index in [0.29, 0.717) is 6.04 Å². The molecule has 3 heteroatoms. The Hall–Kier alpha value is -1.35. The Morgan fingerprint density at radius 3 is 2.60 bits per heavy atom. The molecule has 1 saturated carbocycles. The smallest absolute Gasteiger partial charge is 0.264 e. The second-order valence-electron chi connectivity index (χ2n) is 5.76. The second-order valence-corrected chi connectivity index (χ2v) is 6.81. The van der Waals surface area contributed by atoms with Crippen LogP contribution in [0.3, 0.4) is 0 Å². The van der Waals surface area contributed by atoms with Crippen LogP contribution in [0.4, 0.5) is 0 Å². The van der Waals surface area contributed by atoms with Crippen LogP contribution in [-0.2, 0) is 0 Å². The van der Waals surface area contributed by atoms with Crippen LogP contribution in [0.2, 0.25) is 0 Å². The van der Waals surface area contributed by atoms with Gasteiger partial charge in [0.2, 0.25) is 0 Å². The largest absolute Gasteiger partial charge is 0.338 e. The quantitative estimate of drug-likeness (QED) is 0.789. The zero-order chi connectivity index (χ0) is 14.1. The Morgan fingerprint density at radius 2 is 1.90 bits per heavy atom. The van der Waals surface area contributed by atoms with E-state index in [9.17, 15) is 4.79 Å². The van der Waals surface area contributed by atoms with Gasteiger partial charge in [0.1, 0.15) is 0 Å². The predicted molar refractivity (Wildman–Crippen MR) is 85.5 cm³/mol. The molecule has 20 heavy (non-hydrogen) atoms. The maximum atomic E-state index is 12.8. The van der Waals surface area contributed by atoms with Gasteiger partial charge in [0.25, 0.3) is 5.91 Å². The average Bonchev–Trinajstić information content (AvgIpc) is 2.84. The molecule has 0 unspecified atom stereocenters. The highest BCUT2D eigenvalue weighted by atomic mass is 32.1. The Kier molecular flexibility index (Phi) is 3.79. The number of hydrogen-bond donors (Lipinski definition) is 0. The van der Waals surface area contributed by atoms with Crippen molar-refractivity contribution in [1.82, 2.24) is 4.90 Å². The van der Waals surface area contributed by atoms with Crippen LogP contribution in [-0.4, -0.2) is 23.9 Å². The third kappa shape index (κ3) is 2.35. The first-order chi connectivity index (χ1) is 9.68. The predicted octanol–water partition coefficient (Wildman–Crippen LogP) is 4.61. The molecule has 1 aliphatic carbocycles. The highest BCUT2D eigenvalue weighted by molar-refractivity contribution is 7.21. The second kappa shape index (κ2) is 5.57. The van der Waals surface area contributed by atoms with Crippen molar-refractivity contribution in [3.8, 4) is 0 Å². The van der Waals surface area contributed by atoms with Crippen molar-refractivity contribution in [2.45, 2.75) is 45.1 Å². The minimum atomic E-state index is 0.204. The van der Waals surface area contributed by atoms with E-state index in [-0.39, 0.29) is 5.91 Å². The maximum absolute atomic E-state index is 12.8. The first-order valence-corrected chi connectivity index (χ1v) is 8.25. The van der Waals surface area contributed by atoms with Crippen LogP contribution in [0.25, 0.3) is 10.1 Å². The minimum Gasteiger partial charge on any atom is -0.338 e. The SMILES string of the molecule is Cc1c(C(=O)N(C)C2CCCCC2)sc2ccccc12. The molecule has 3 rings (SSSR count). The van der Waals surface area contributed by atoms with Crippen molar-refractivity contribution in [3.05, 3.63) is 34.7 Å². The average molecular weight is 287 g/mol. The van der Waals surface area contributed by atoms with E-state index < -0.39 is 0 Å². The van der Waals surface area contributed by atoms with E-state index >= 15 is 0 Å². The molecule has 106 valence electrons. The highest BCUT2D eigenvalue weighted by Crippen LogP contribution is 2.32. The fraction of sp³-hybridized carbons (Fsp3) is 0.471. The van der Waals surface area contributed by atoms with Gasteiger partial charge in [0.05, 0.1) is 4.88 Å². The Morgan fingerprint density at radius 1 is 1.20 bits per heavy atom. The molecular weight excluding hydrogens is 266 g/mol. The molecule has 2 aromatic rings. The third-order valence-corrected chi connectivity index (χ3v) is 5.74. The number of carbonyl (C=O) groups excluding carboxylic acids is 1. The van der Waals surface area contributed by atoms with E-state index in [1.807, 2.05) is 24.1 Å². The third-order valence-electron chi connectivity index (χ3n) is 4.48. The molecule has 0 atom stereocenters. The number of benzene rings is 1. The molecule has 1 aliphatic rings. The monoisotopic (exact) mass is 287 g/mol. The first-order valence-electron chi connectivity index (χ1n) is 7.44. The van der Waals surface area contributed by atoms with Crippen LogP contribution in [0.15, 0.2) is 24.3 Å². The van der Waals surface area contributed by atoms with Gasteiger partial charge in [-0.1, -0.05) is 37.5 Å². The van der Waals surface area contributed by atoms with Crippen molar-refractivity contribution in [2.24, 2.45) is 0 Å². The van der Waals surface area contributed by atoms with Crippen molar-refractivity contribution in [2.75, 3.05) is 7.05 Å². The molecule has 0 bridgehead atoms. The number of aryl methyl sites for hydroxylation is 1. The molecule has 0 saturated heterocycles. The van der Waals surface area contributed by atoms with Crippen molar-refractivity contribution >= 4 is 27.3 Å². The van der Waals surface area contributed by atoms with Gasteiger partial charge >= 0.3 is 0 Å². The lowest BCUT2D eigenvalue weighted by atomic mass is 9.94. The molecule has 0 radical (unpaired) electrons. The fourth-order valence-electron chi connectivity index (χ4n) is 3.17. The molecular formula is C17H21NOS. The summed E-state index contributed by atoms with van der Waals surface area (Å²) in [4.78, 5) is 15.7. The summed E-state index contributed by atoms with van der Waals surface area (Å²) in [5.74, 6) is 0.204. The van der Waals surface area contributed by atoms with Gasteiger partial charge in [-0.25, -0.2) is 0 Å². The molecule has 0 N–H and O–H groups in total. The molecule has 1 aromatic carbocycles. The first kappa shape index (κ1) is 13.6. The highest BCUT2D eigenvalue weighted by Gasteiger charge is 2.25. The Balaban J connectivity index is 1.89. The van der Waals surface area contributed by atoms with Gasteiger partial charge < -0.3 is 4.90 Å². The fourth-order valence-corrected chi connectivity index (χ4v) is 4.36. The molecule has 2 nitrogen and oxygen atoms in total. The molecule has 1 fully saturated rings. The van der Waals surface area contributed by atoms with E-state index in [2.05, 4.69) is 19.1 Å². The van der Waals surface area contributed by atoms with Crippen LogP contribution in [0.5, 0.6) is 0 Å².